The molecule has 0 aliphatic heterocycles. The zero-order valence-electron chi connectivity index (χ0n) is 5.10. The third-order valence-corrected chi connectivity index (χ3v) is 0. The van der Waals surface area contributed by atoms with Crippen molar-refractivity contribution in [2.24, 2.45) is 0 Å². The van der Waals surface area contributed by atoms with Crippen LogP contribution in [0.5, 0.6) is 0 Å². The standard InChI is InChI=1S/CH2O3.BrH.2K.Li/c2-1(3)4;;;;/h(H2,2,3,4);1H;;;/q;;3*+1/p-3. The van der Waals surface area contributed by atoms with E-state index in [0.717, 1.165) is 0 Å². The zero-order valence-corrected chi connectivity index (χ0v) is 12.9. The SMILES string of the molecule is O=C([O-])[O-].[Br-].[K+].[K+].[Li+]. The normalized spacial score (nSPS) is 3.00. The number of halogens is 1. The van der Waals surface area contributed by atoms with E-state index in [-0.39, 0.29) is 139 Å². The first kappa shape index (κ1) is 29.9. The van der Waals surface area contributed by atoms with Gasteiger partial charge in [-0.15, -0.1) is 0 Å². The summed E-state index contributed by atoms with van der Waals surface area (Å²) in [6.45, 7) is 0. The fourth-order valence-electron chi connectivity index (χ4n) is 0. The molecule has 0 aliphatic carbocycles. The van der Waals surface area contributed by atoms with Crippen molar-refractivity contribution in [3.8, 4) is 0 Å². The summed E-state index contributed by atoms with van der Waals surface area (Å²) in [5.74, 6) is 0. The number of hydrogen-bond donors (Lipinski definition) is 0. The van der Waals surface area contributed by atoms with Gasteiger partial charge >= 0.3 is 122 Å². The number of carbonyl (C=O) groups is 1. The van der Waals surface area contributed by atoms with Crippen molar-refractivity contribution in [3.05, 3.63) is 0 Å². The predicted molar refractivity (Wildman–Crippen MR) is 5.40 cm³/mol. The number of carboxylic acid groups (broad SMARTS) is 2. The Balaban J connectivity index is -0.00000000750. The summed E-state index contributed by atoms with van der Waals surface area (Å²) in [6.07, 6.45) is -2.33. The summed E-state index contributed by atoms with van der Waals surface area (Å²) in [5, 5.41) is 16.7. The summed E-state index contributed by atoms with van der Waals surface area (Å²) in [5.41, 5.74) is 0. The molecule has 0 N–H and O–H groups in total. The van der Waals surface area contributed by atoms with Crippen LogP contribution in [0, 0.1) is 0 Å². The Kier molecular flexibility index (Phi) is 83.8. The molecule has 3 nitrogen and oxygen atoms in total. The molecule has 0 fully saturated rings. The minimum atomic E-state index is -2.33. The van der Waals surface area contributed by atoms with Gasteiger partial charge in [-0.25, -0.2) is 0 Å². The average Bonchev–Trinajstić information content (AvgIpc) is 0.811. The van der Waals surface area contributed by atoms with Gasteiger partial charge in [0.25, 0.3) is 0 Å². The molecule has 0 unspecified atom stereocenters. The molecule has 0 aromatic heterocycles. The summed E-state index contributed by atoms with van der Waals surface area (Å²) in [4.78, 5) is 8.33. The molecule has 0 spiro atoms. The second kappa shape index (κ2) is 22.4. The van der Waals surface area contributed by atoms with Crippen molar-refractivity contribution in [1.82, 2.24) is 0 Å². The predicted octanol–water partition coefficient (Wildman–Crippen LogP) is -14.4. The molecule has 0 saturated heterocycles. The molecule has 0 atom stereocenters. The van der Waals surface area contributed by atoms with Crippen LogP contribution < -0.4 is 149 Å². The summed E-state index contributed by atoms with van der Waals surface area (Å²) in [7, 11) is 0. The maximum absolute atomic E-state index is 8.33. The van der Waals surface area contributed by atoms with Gasteiger partial charge in [-0.3, -0.25) is 0 Å². The Bertz CT molecular complexity index is 40.3. The van der Waals surface area contributed by atoms with Crippen LogP contribution in [0.15, 0.2) is 0 Å². The smallest absolute Gasteiger partial charge is 1.00 e. The molecule has 0 amide bonds. The Morgan fingerprint density at radius 3 is 1.12 bits per heavy atom. The van der Waals surface area contributed by atoms with Gasteiger partial charge in [-0.1, -0.05) is 0 Å². The maximum atomic E-state index is 8.33. The topological polar surface area (TPSA) is 63.2 Å². The van der Waals surface area contributed by atoms with E-state index in [1.807, 2.05) is 0 Å². The van der Waals surface area contributed by atoms with E-state index in [1.165, 1.54) is 0 Å². The van der Waals surface area contributed by atoms with Crippen LogP contribution in [-0.2, 0) is 0 Å². The fourth-order valence-corrected chi connectivity index (χ4v) is 0. The van der Waals surface area contributed by atoms with Crippen LogP contribution in [0.25, 0.3) is 0 Å². The average molecular weight is 225 g/mol. The van der Waals surface area contributed by atoms with E-state index in [0.29, 0.717) is 0 Å². The largest absolute Gasteiger partial charge is 1.00 e. The molecular formula is CBrK2LiO3. The van der Waals surface area contributed by atoms with Crippen LogP contribution in [0.3, 0.4) is 0 Å². The quantitative estimate of drug-likeness (QED) is 0.384. The number of hydrogen-bond acceptors (Lipinski definition) is 3. The second-order valence-corrected chi connectivity index (χ2v) is 0.250. The molecule has 32 valence electrons. The third-order valence-electron chi connectivity index (χ3n) is 0. The zero-order chi connectivity index (χ0) is 3.58. The van der Waals surface area contributed by atoms with Crippen LogP contribution in [0.1, 0.15) is 0 Å². The van der Waals surface area contributed by atoms with E-state index in [9.17, 15) is 0 Å². The monoisotopic (exact) mass is 224 g/mol. The van der Waals surface area contributed by atoms with E-state index < -0.39 is 6.16 Å². The number of rotatable bonds is 0. The van der Waals surface area contributed by atoms with Crippen LogP contribution >= 0.6 is 0 Å². The first-order valence-electron chi connectivity index (χ1n) is 0.612. The Morgan fingerprint density at radius 2 is 1.12 bits per heavy atom. The van der Waals surface area contributed by atoms with Crippen molar-refractivity contribution in [1.29, 1.82) is 0 Å². The fraction of sp³-hybridized carbons (Fsp3) is 0. The molecule has 0 saturated carbocycles. The molecule has 0 aromatic rings. The molecule has 0 aromatic carbocycles. The van der Waals surface area contributed by atoms with Crippen LogP contribution in [0.2, 0.25) is 0 Å². The molecule has 0 bridgehead atoms. The van der Waals surface area contributed by atoms with Crippen molar-refractivity contribution in [3.63, 3.8) is 0 Å². The van der Waals surface area contributed by atoms with Crippen LogP contribution in [-0.4, -0.2) is 6.16 Å². The van der Waals surface area contributed by atoms with E-state index in [4.69, 9.17) is 15.0 Å². The van der Waals surface area contributed by atoms with E-state index in [1.54, 1.807) is 0 Å². The van der Waals surface area contributed by atoms with Gasteiger partial charge in [0, 0.05) is 0 Å². The van der Waals surface area contributed by atoms with Gasteiger partial charge in [0.1, 0.15) is 0 Å². The van der Waals surface area contributed by atoms with Gasteiger partial charge in [-0.05, 0) is 6.16 Å². The molecule has 0 aliphatic rings. The van der Waals surface area contributed by atoms with Crippen molar-refractivity contribution in [2.75, 3.05) is 0 Å². The van der Waals surface area contributed by atoms with E-state index >= 15 is 0 Å². The van der Waals surface area contributed by atoms with Gasteiger partial charge < -0.3 is 32.0 Å². The summed E-state index contributed by atoms with van der Waals surface area (Å²) < 4.78 is 0. The van der Waals surface area contributed by atoms with Crippen molar-refractivity contribution >= 4 is 6.16 Å². The van der Waals surface area contributed by atoms with Crippen LogP contribution in [0.4, 0.5) is 4.79 Å². The minimum absolute atomic E-state index is 0. The molecule has 0 rings (SSSR count). The van der Waals surface area contributed by atoms with Gasteiger partial charge in [0.15, 0.2) is 0 Å². The molecular weight excluding hydrogens is 225 g/mol. The molecule has 0 radical (unpaired) electrons. The molecule has 8 heavy (non-hydrogen) atoms. The number of carbonyl (C=O) groups excluding carboxylic acids is 1. The Labute approximate surface area is 155 Å². The van der Waals surface area contributed by atoms with Gasteiger partial charge in [0.2, 0.25) is 0 Å². The van der Waals surface area contributed by atoms with Crippen molar-refractivity contribution in [2.45, 2.75) is 0 Å². The molecule has 0 heterocycles. The second-order valence-electron chi connectivity index (χ2n) is 0.250. The Morgan fingerprint density at radius 1 is 1.12 bits per heavy atom. The van der Waals surface area contributed by atoms with Gasteiger partial charge in [0.05, 0.1) is 0 Å². The Hall–Kier alpha value is 3.62. The summed E-state index contributed by atoms with van der Waals surface area (Å²) >= 11 is 0. The first-order valence-corrected chi connectivity index (χ1v) is 0.612. The first-order chi connectivity index (χ1) is 1.73. The molecule has 7 heteroatoms. The minimum Gasteiger partial charge on any atom is -1.00 e. The van der Waals surface area contributed by atoms with E-state index in [2.05, 4.69) is 0 Å². The maximum Gasteiger partial charge on any atom is 1.00 e. The van der Waals surface area contributed by atoms with Crippen molar-refractivity contribution < 1.29 is 154 Å². The third kappa shape index (κ3) is 54.5. The summed E-state index contributed by atoms with van der Waals surface area (Å²) in [6, 6.07) is 0. The van der Waals surface area contributed by atoms with Gasteiger partial charge in [-0.2, -0.15) is 0 Å².